The fourth-order valence-corrected chi connectivity index (χ4v) is 1.66. The van der Waals surface area contributed by atoms with E-state index in [4.69, 9.17) is 0 Å². The summed E-state index contributed by atoms with van der Waals surface area (Å²) in [7, 11) is 0. The van der Waals surface area contributed by atoms with Crippen LogP contribution in [-0.4, -0.2) is 28.9 Å². The Bertz CT molecular complexity index is 390. The third-order valence-electron chi connectivity index (χ3n) is 2.78. The molecule has 1 heterocycles. The van der Waals surface area contributed by atoms with Crippen molar-refractivity contribution < 1.29 is 9.18 Å². The van der Waals surface area contributed by atoms with Gasteiger partial charge in [0.25, 0.3) is 5.91 Å². The van der Waals surface area contributed by atoms with Crippen molar-refractivity contribution >= 4 is 5.91 Å². The van der Waals surface area contributed by atoms with Crippen LogP contribution in [0.3, 0.4) is 0 Å². The summed E-state index contributed by atoms with van der Waals surface area (Å²) in [4.78, 5) is 17.3. The van der Waals surface area contributed by atoms with Gasteiger partial charge in [-0.25, -0.2) is 4.98 Å². The minimum Gasteiger partial charge on any atom is -0.337 e. The van der Waals surface area contributed by atoms with E-state index in [1.807, 2.05) is 6.92 Å². The quantitative estimate of drug-likeness (QED) is 0.731. The van der Waals surface area contributed by atoms with Gasteiger partial charge in [-0.3, -0.25) is 4.79 Å². The molecule has 0 atom stereocenters. The van der Waals surface area contributed by atoms with Crippen molar-refractivity contribution in [3.63, 3.8) is 0 Å². The Balaban J connectivity index is 2.09. The first-order valence-electron chi connectivity index (χ1n) is 5.62. The summed E-state index contributed by atoms with van der Waals surface area (Å²) in [5.74, 6) is -0.139. The second kappa shape index (κ2) is 4.60. The summed E-state index contributed by atoms with van der Waals surface area (Å²) in [6.07, 6.45) is 2.39. The van der Waals surface area contributed by atoms with Crippen molar-refractivity contribution in [1.82, 2.24) is 9.88 Å². The molecule has 2 rings (SSSR count). The van der Waals surface area contributed by atoms with Crippen LogP contribution in [-0.2, 0) is 0 Å². The van der Waals surface area contributed by atoms with Crippen molar-refractivity contribution in [2.45, 2.75) is 19.8 Å². The SMILES string of the molecule is CCN(CC1CC1)C(=O)c1cccc(F)n1. The summed E-state index contributed by atoms with van der Waals surface area (Å²) < 4.78 is 12.9. The fourth-order valence-electron chi connectivity index (χ4n) is 1.66. The molecule has 1 saturated carbocycles. The van der Waals surface area contributed by atoms with Gasteiger partial charge in [-0.1, -0.05) is 6.07 Å². The number of amides is 1. The van der Waals surface area contributed by atoms with Crippen LogP contribution in [0, 0.1) is 11.9 Å². The lowest BCUT2D eigenvalue weighted by atomic mass is 10.3. The van der Waals surface area contributed by atoms with E-state index in [0.29, 0.717) is 12.5 Å². The molecule has 0 radical (unpaired) electrons. The maximum atomic E-state index is 12.9. The molecule has 1 aromatic heterocycles. The molecule has 0 aromatic carbocycles. The van der Waals surface area contributed by atoms with Gasteiger partial charge in [0.1, 0.15) is 5.69 Å². The highest BCUT2D eigenvalue weighted by molar-refractivity contribution is 5.92. The number of halogens is 1. The van der Waals surface area contributed by atoms with Crippen molar-refractivity contribution in [1.29, 1.82) is 0 Å². The highest BCUT2D eigenvalue weighted by Gasteiger charge is 2.26. The number of carbonyl (C=O) groups excluding carboxylic acids is 1. The number of hydrogen-bond acceptors (Lipinski definition) is 2. The zero-order chi connectivity index (χ0) is 11.5. The second-order valence-corrected chi connectivity index (χ2v) is 4.13. The van der Waals surface area contributed by atoms with Gasteiger partial charge in [0.2, 0.25) is 5.95 Å². The molecule has 0 spiro atoms. The zero-order valence-corrected chi connectivity index (χ0v) is 9.32. The second-order valence-electron chi connectivity index (χ2n) is 4.13. The average Bonchev–Trinajstić information content (AvgIpc) is 3.09. The Hall–Kier alpha value is -1.45. The van der Waals surface area contributed by atoms with E-state index in [0.717, 1.165) is 6.54 Å². The van der Waals surface area contributed by atoms with Crippen LogP contribution in [0.2, 0.25) is 0 Å². The molecule has 0 bridgehead atoms. The minimum absolute atomic E-state index is 0.172. The normalized spacial score (nSPS) is 14.9. The van der Waals surface area contributed by atoms with Gasteiger partial charge < -0.3 is 4.90 Å². The van der Waals surface area contributed by atoms with Crippen LogP contribution < -0.4 is 0 Å². The van der Waals surface area contributed by atoms with Crippen molar-refractivity contribution in [2.24, 2.45) is 5.92 Å². The van der Waals surface area contributed by atoms with Gasteiger partial charge >= 0.3 is 0 Å². The Kier molecular flexibility index (Phi) is 3.17. The highest BCUT2D eigenvalue weighted by Crippen LogP contribution is 2.29. The van der Waals surface area contributed by atoms with Crippen molar-refractivity contribution in [3.05, 3.63) is 29.8 Å². The largest absolute Gasteiger partial charge is 0.337 e. The Labute approximate surface area is 94.3 Å². The van der Waals surface area contributed by atoms with E-state index in [2.05, 4.69) is 4.98 Å². The lowest BCUT2D eigenvalue weighted by Crippen LogP contribution is -2.33. The molecular formula is C12H15FN2O. The molecule has 1 aliphatic carbocycles. The van der Waals surface area contributed by atoms with Gasteiger partial charge in [-0.15, -0.1) is 0 Å². The molecular weight excluding hydrogens is 207 g/mol. The van der Waals surface area contributed by atoms with Crippen molar-refractivity contribution in [2.75, 3.05) is 13.1 Å². The van der Waals surface area contributed by atoms with Gasteiger partial charge in [0.05, 0.1) is 0 Å². The molecule has 0 unspecified atom stereocenters. The Morgan fingerprint density at radius 1 is 1.56 bits per heavy atom. The predicted molar refractivity (Wildman–Crippen MR) is 58.5 cm³/mol. The van der Waals surface area contributed by atoms with Gasteiger partial charge in [0, 0.05) is 13.1 Å². The fraction of sp³-hybridized carbons (Fsp3) is 0.500. The molecule has 0 saturated heterocycles. The first-order chi connectivity index (χ1) is 7.70. The molecule has 1 aromatic rings. The smallest absolute Gasteiger partial charge is 0.272 e. The summed E-state index contributed by atoms with van der Waals surface area (Å²) >= 11 is 0. The number of carbonyl (C=O) groups is 1. The van der Waals surface area contributed by atoms with Crippen LogP contribution in [0.5, 0.6) is 0 Å². The first-order valence-corrected chi connectivity index (χ1v) is 5.62. The molecule has 3 nitrogen and oxygen atoms in total. The first kappa shape index (κ1) is 11.0. The van der Waals surface area contributed by atoms with Crippen molar-refractivity contribution in [3.8, 4) is 0 Å². The standard InChI is InChI=1S/C12H15FN2O/c1-2-15(8-9-6-7-9)12(16)10-4-3-5-11(13)14-10/h3-5,9H,2,6-8H2,1H3. The van der Waals surface area contributed by atoms with Gasteiger partial charge in [-0.05, 0) is 37.8 Å². The van der Waals surface area contributed by atoms with Crippen LogP contribution in [0.15, 0.2) is 18.2 Å². The summed E-state index contributed by atoms with van der Waals surface area (Å²) in [6, 6.07) is 4.31. The zero-order valence-electron chi connectivity index (χ0n) is 9.32. The lowest BCUT2D eigenvalue weighted by Gasteiger charge is -2.20. The number of nitrogens with zero attached hydrogens (tertiary/aromatic N) is 2. The topological polar surface area (TPSA) is 33.2 Å². The third-order valence-corrected chi connectivity index (χ3v) is 2.78. The van der Waals surface area contributed by atoms with Crippen LogP contribution in [0.4, 0.5) is 4.39 Å². The molecule has 0 N–H and O–H groups in total. The molecule has 4 heteroatoms. The molecule has 1 amide bonds. The number of aromatic nitrogens is 1. The van der Waals surface area contributed by atoms with E-state index in [-0.39, 0.29) is 11.6 Å². The Morgan fingerprint density at radius 3 is 2.88 bits per heavy atom. The molecule has 0 aliphatic heterocycles. The van der Waals surface area contributed by atoms with Crippen LogP contribution in [0.1, 0.15) is 30.3 Å². The van der Waals surface area contributed by atoms with E-state index >= 15 is 0 Å². The number of hydrogen-bond donors (Lipinski definition) is 0. The number of rotatable bonds is 4. The highest BCUT2D eigenvalue weighted by atomic mass is 19.1. The van der Waals surface area contributed by atoms with E-state index in [1.54, 1.807) is 11.0 Å². The summed E-state index contributed by atoms with van der Waals surface area (Å²) in [5.41, 5.74) is 0.197. The summed E-state index contributed by atoms with van der Waals surface area (Å²) in [6.45, 7) is 3.35. The Morgan fingerprint density at radius 2 is 2.31 bits per heavy atom. The number of pyridine rings is 1. The van der Waals surface area contributed by atoms with Gasteiger partial charge in [-0.2, -0.15) is 4.39 Å². The van der Waals surface area contributed by atoms with E-state index in [1.165, 1.54) is 25.0 Å². The average molecular weight is 222 g/mol. The molecule has 16 heavy (non-hydrogen) atoms. The molecule has 1 aliphatic rings. The predicted octanol–water partition coefficient (Wildman–Crippen LogP) is 2.09. The van der Waals surface area contributed by atoms with Gasteiger partial charge in [0.15, 0.2) is 0 Å². The monoisotopic (exact) mass is 222 g/mol. The maximum absolute atomic E-state index is 12.9. The van der Waals surface area contributed by atoms with E-state index in [9.17, 15) is 9.18 Å². The summed E-state index contributed by atoms with van der Waals surface area (Å²) in [5, 5.41) is 0. The lowest BCUT2D eigenvalue weighted by molar-refractivity contribution is 0.0749. The molecule has 86 valence electrons. The van der Waals surface area contributed by atoms with Crippen LogP contribution >= 0.6 is 0 Å². The maximum Gasteiger partial charge on any atom is 0.272 e. The third kappa shape index (κ3) is 2.56. The van der Waals surface area contributed by atoms with E-state index < -0.39 is 5.95 Å². The minimum atomic E-state index is -0.603. The van der Waals surface area contributed by atoms with Crippen LogP contribution in [0.25, 0.3) is 0 Å². The molecule has 1 fully saturated rings.